The Bertz CT molecular complexity index is 866. The van der Waals surface area contributed by atoms with Gasteiger partial charge in [-0.3, -0.25) is 4.79 Å². The molecule has 1 aromatic carbocycles. The number of benzene rings is 1. The van der Waals surface area contributed by atoms with E-state index in [9.17, 15) is 9.59 Å². The summed E-state index contributed by atoms with van der Waals surface area (Å²) >= 11 is 0. The molecule has 1 aromatic rings. The normalized spacial score (nSPS) is 19.4. The lowest BCUT2D eigenvalue weighted by molar-refractivity contribution is -0.143. The van der Waals surface area contributed by atoms with Gasteiger partial charge in [-0.2, -0.15) is 0 Å². The van der Waals surface area contributed by atoms with Gasteiger partial charge in [0.05, 0.1) is 25.9 Å². The van der Waals surface area contributed by atoms with Crippen molar-refractivity contribution in [3.8, 4) is 11.5 Å². The summed E-state index contributed by atoms with van der Waals surface area (Å²) in [5, 5.41) is 3.29. The van der Waals surface area contributed by atoms with Gasteiger partial charge in [-0.1, -0.05) is 6.07 Å². The quantitative estimate of drug-likeness (QED) is 0.781. The molecule has 0 unspecified atom stereocenters. The van der Waals surface area contributed by atoms with Crippen LogP contribution in [0.5, 0.6) is 11.5 Å². The van der Waals surface area contributed by atoms with Crippen LogP contribution < -0.4 is 14.8 Å². The summed E-state index contributed by atoms with van der Waals surface area (Å²) in [4.78, 5) is 25.8. The molecule has 0 fully saturated rings. The van der Waals surface area contributed by atoms with E-state index in [0.717, 1.165) is 29.8 Å². The van der Waals surface area contributed by atoms with Gasteiger partial charge in [-0.15, -0.1) is 0 Å². The Morgan fingerprint density at radius 3 is 2.50 bits per heavy atom. The number of methoxy groups -OCH3 is 2. The molecule has 0 spiro atoms. The number of Topliss-reactive ketones (excluding diaryl/α,β-unsaturated/α-hetero) is 1. The highest BCUT2D eigenvalue weighted by atomic mass is 16.5. The van der Waals surface area contributed by atoms with Crippen molar-refractivity contribution >= 4 is 11.8 Å². The van der Waals surface area contributed by atoms with Crippen LogP contribution >= 0.6 is 0 Å². The van der Waals surface area contributed by atoms with Crippen LogP contribution in [0.2, 0.25) is 0 Å². The van der Waals surface area contributed by atoms with Gasteiger partial charge in [0.1, 0.15) is 0 Å². The zero-order valence-corrected chi connectivity index (χ0v) is 17.0. The first-order chi connectivity index (χ1) is 13.4. The van der Waals surface area contributed by atoms with Crippen molar-refractivity contribution in [3.63, 3.8) is 0 Å². The van der Waals surface area contributed by atoms with Crippen molar-refractivity contribution in [2.75, 3.05) is 14.2 Å². The zero-order chi connectivity index (χ0) is 20.4. The van der Waals surface area contributed by atoms with E-state index in [1.54, 1.807) is 20.3 Å². The molecule has 0 bridgehead atoms. The molecule has 1 N–H and O–H groups in total. The van der Waals surface area contributed by atoms with Gasteiger partial charge in [-0.05, 0) is 51.3 Å². The molecule has 0 saturated heterocycles. The minimum Gasteiger partial charge on any atom is -0.493 e. The van der Waals surface area contributed by atoms with Gasteiger partial charge < -0.3 is 19.5 Å². The van der Waals surface area contributed by atoms with Crippen molar-refractivity contribution in [2.45, 2.75) is 52.1 Å². The summed E-state index contributed by atoms with van der Waals surface area (Å²) in [5.74, 6) is 0.310. The second-order valence-corrected chi connectivity index (χ2v) is 7.33. The Balaban J connectivity index is 2.17. The molecule has 0 radical (unpaired) electrons. The van der Waals surface area contributed by atoms with Crippen LogP contribution in [0, 0.1) is 0 Å². The minimum atomic E-state index is -0.491. The molecular formula is C22H27NO5. The summed E-state index contributed by atoms with van der Waals surface area (Å²) < 4.78 is 16.3. The van der Waals surface area contributed by atoms with Crippen LogP contribution in [0.15, 0.2) is 40.7 Å². The largest absolute Gasteiger partial charge is 0.493 e. The van der Waals surface area contributed by atoms with Gasteiger partial charge in [0, 0.05) is 29.3 Å². The Kier molecular flexibility index (Phi) is 5.77. The molecule has 1 heterocycles. The molecule has 1 aliphatic carbocycles. The predicted octanol–water partition coefficient (Wildman–Crippen LogP) is 3.62. The molecule has 0 aromatic heterocycles. The van der Waals surface area contributed by atoms with Gasteiger partial charge in [0.15, 0.2) is 17.3 Å². The molecule has 6 nitrogen and oxygen atoms in total. The molecule has 0 amide bonds. The van der Waals surface area contributed by atoms with E-state index in [0.29, 0.717) is 29.1 Å². The van der Waals surface area contributed by atoms with E-state index in [4.69, 9.17) is 14.2 Å². The van der Waals surface area contributed by atoms with Crippen molar-refractivity contribution in [2.24, 2.45) is 0 Å². The second kappa shape index (κ2) is 8.09. The van der Waals surface area contributed by atoms with Gasteiger partial charge in [0.25, 0.3) is 0 Å². The molecule has 150 valence electrons. The monoisotopic (exact) mass is 385 g/mol. The van der Waals surface area contributed by atoms with E-state index >= 15 is 0 Å². The highest BCUT2D eigenvalue weighted by Crippen LogP contribution is 2.44. The van der Waals surface area contributed by atoms with Crippen LogP contribution in [0.3, 0.4) is 0 Å². The maximum absolute atomic E-state index is 13.0. The molecule has 1 atom stereocenters. The zero-order valence-electron chi connectivity index (χ0n) is 17.0. The molecule has 1 aliphatic heterocycles. The Morgan fingerprint density at radius 1 is 1.14 bits per heavy atom. The molecule has 3 rings (SSSR count). The Morgan fingerprint density at radius 2 is 1.86 bits per heavy atom. The predicted molar refractivity (Wildman–Crippen MR) is 105 cm³/mol. The number of rotatable bonds is 5. The first-order valence-electron chi connectivity index (χ1n) is 9.54. The molecule has 2 aliphatic rings. The lowest BCUT2D eigenvalue weighted by Gasteiger charge is -2.34. The second-order valence-electron chi connectivity index (χ2n) is 7.33. The van der Waals surface area contributed by atoms with Crippen LogP contribution in [0.4, 0.5) is 0 Å². The molecule has 0 saturated carbocycles. The Labute approximate surface area is 165 Å². The molecular weight excluding hydrogens is 358 g/mol. The smallest absolute Gasteiger partial charge is 0.337 e. The third-order valence-corrected chi connectivity index (χ3v) is 5.08. The maximum atomic E-state index is 13.0. The van der Waals surface area contributed by atoms with Crippen molar-refractivity contribution in [1.29, 1.82) is 0 Å². The number of carbonyl (C=O) groups excluding carboxylic acids is 2. The van der Waals surface area contributed by atoms with Gasteiger partial charge in [0.2, 0.25) is 0 Å². The average Bonchev–Trinajstić information content (AvgIpc) is 2.65. The number of nitrogens with one attached hydrogen (secondary N) is 1. The summed E-state index contributed by atoms with van der Waals surface area (Å²) in [6, 6.07) is 5.50. The third kappa shape index (κ3) is 3.63. The molecule has 6 heteroatoms. The van der Waals surface area contributed by atoms with E-state index in [1.165, 1.54) is 0 Å². The summed E-state index contributed by atoms with van der Waals surface area (Å²) in [5.41, 5.74) is 3.54. The lowest BCUT2D eigenvalue weighted by atomic mass is 9.75. The van der Waals surface area contributed by atoms with Gasteiger partial charge >= 0.3 is 5.97 Å². The molecule has 28 heavy (non-hydrogen) atoms. The van der Waals surface area contributed by atoms with Crippen molar-refractivity contribution < 1.29 is 23.8 Å². The van der Waals surface area contributed by atoms with E-state index in [2.05, 4.69) is 5.32 Å². The number of hydrogen-bond donors (Lipinski definition) is 1. The number of ketones is 1. The van der Waals surface area contributed by atoms with Gasteiger partial charge in [-0.25, -0.2) is 4.79 Å². The number of hydrogen-bond acceptors (Lipinski definition) is 6. The van der Waals surface area contributed by atoms with Crippen LogP contribution in [0.25, 0.3) is 0 Å². The van der Waals surface area contributed by atoms with E-state index in [1.807, 2.05) is 32.9 Å². The third-order valence-electron chi connectivity index (χ3n) is 5.08. The summed E-state index contributed by atoms with van der Waals surface area (Å²) in [7, 11) is 3.14. The van der Waals surface area contributed by atoms with Crippen molar-refractivity contribution in [3.05, 3.63) is 46.3 Å². The highest BCUT2D eigenvalue weighted by Gasteiger charge is 2.39. The number of esters is 1. The number of carbonyl (C=O) groups is 2. The first kappa shape index (κ1) is 20.0. The lowest BCUT2D eigenvalue weighted by Crippen LogP contribution is -2.35. The fourth-order valence-corrected chi connectivity index (χ4v) is 3.90. The first-order valence-corrected chi connectivity index (χ1v) is 9.54. The maximum Gasteiger partial charge on any atom is 0.337 e. The van der Waals surface area contributed by atoms with E-state index in [-0.39, 0.29) is 11.9 Å². The number of dihydropyridines is 1. The van der Waals surface area contributed by atoms with Crippen LogP contribution in [-0.2, 0) is 14.3 Å². The topological polar surface area (TPSA) is 73.9 Å². The fraction of sp³-hybridized carbons (Fsp3) is 0.455. The highest BCUT2D eigenvalue weighted by molar-refractivity contribution is 6.03. The Hall–Kier alpha value is -2.76. The number of allylic oxidation sites excluding steroid dienone is 3. The minimum absolute atomic E-state index is 0.0656. The standard InChI is InChI=1S/C22H27NO5/c1-12(2)28-22(25)19-13(3)23-15-7-6-8-16(24)21(15)20(19)14-9-10-17(26-4)18(11-14)27-5/h9-12,20,23H,6-8H2,1-5H3/t20-/m0/s1. The van der Waals surface area contributed by atoms with Crippen LogP contribution in [0.1, 0.15) is 51.5 Å². The van der Waals surface area contributed by atoms with Crippen LogP contribution in [-0.4, -0.2) is 32.1 Å². The van der Waals surface area contributed by atoms with Crippen molar-refractivity contribution in [1.82, 2.24) is 5.32 Å². The fourth-order valence-electron chi connectivity index (χ4n) is 3.90. The summed E-state index contributed by atoms with van der Waals surface area (Å²) in [6.45, 7) is 5.48. The number of ether oxygens (including phenoxy) is 3. The van der Waals surface area contributed by atoms with E-state index < -0.39 is 11.9 Å². The summed E-state index contributed by atoms with van der Waals surface area (Å²) in [6.07, 6.45) is 1.82. The average molecular weight is 385 g/mol. The SMILES string of the molecule is COc1ccc([C@H]2C(C(=O)OC(C)C)=C(C)NC3=C2C(=O)CCC3)cc1OC.